The van der Waals surface area contributed by atoms with E-state index in [0.29, 0.717) is 11.4 Å². The summed E-state index contributed by atoms with van der Waals surface area (Å²) in [4.78, 5) is 25.5. The van der Waals surface area contributed by atoms with Gasteiger partial charge in [0.2, 0.25) is 5.91 Å². The van der Waals surface area contributed by atoms with Crippen LogP contribution < -0.4 is 15.8 Å². The van der Waals surface area contributed by atoms with Crippen molar-refractivity contribution in [1.82, 2.24) is 4.90 Å². The zero-order valence-corrected chi connectivity index (χ0v) is 14.7. The van der Waals surface area contributed by atoms with Gasteiger partial charge in [0.15, 0.2) is 6.61 Å². The molecular weight excluding hydrogens is 318 g/mol. The van der Waals surface area contributed by atoms with Crippen LogP contribution in [0.25, 0.3) is 0 Å². The summed E-state index contributed by atoms with van der Waals surface area (Å²) in [5.41, 5.74) is 6.38. The van der Waals surface area contributed by atoms with Crippen molar-refractivity contribution < 1.29 is 14.3 Å². The highest BCUT2D eigenvalue weighted by Crippen LogP contribution is 2.21. The second-order valence-electron chi connectivity index (χ2n) is 6.12. The topological polar surface area (TPSA) is 84.7 Å². The van der Waals surface area contributed by atoms with Crippen LogP contribution in [0.3, 0.4) is 0 Å². The van der Waals surface area contributed by atoms with Gasteiger partial charge in [0.25, 0.3) is 5.91 Å². The van der Waals surface area contributed by atoms with Crippen molar-refractivity contribution in [2.24, 2.45) is 5.73 Å². The SMILES string of the molecule is CN(C)C(=O)COc1ccc(NC(=O)C(C)(N)c2ccccc2)cc1. The lowest BCUT2D eigenvalue weighted by molar-refractivity contribution is -0.130. The predicted octanol–water partition coefficient (Wildman–Crippen LogP) is 1.97. The van der Waals surface area contributed by atoms with Crippen LogP contribution in [0, 0.1) is 0 Å². The number of amides is 2. The summed E-state index contributed by atoms with van der Waals surface area (Å²) >= 11 is 0. The second-order valence-corrected chi connectivity index (χ2v) is 6.12. The van der Waals surface area contributed by atoms with Crippen molar-refractivity contribution >= 4 is 17.5 Å². The lowest BCUT2D eigenvalue weighted by Gasteiger charge is -2.24. The largest absolute Gasteiger partial charge is 0.484 e. The Hall–Kier alpha value is -2.86. The fourth-order valence-corrected chi connectivity index (χ4v) is 2.09. The van der Waals surface area contributed by atoms with Crippen molar-refractivity contribution in [2.75, 3.05) is 26.0 Å². The fourth-order valence-electron chi connectivity index (χ4n) is 2.09. The molecule has 0 bridgehead atoms. The number of ether oxygens (including phenoxy) is 1. The van der Waals surface area contributed by atoms with Crippen molar-refractivity contribution in [1.29, 1.82) is 0 Å². The van der Waals surface area contributed by atoms with Crippen molar-refractivity contribution in [3.05, 3.63) is 60.2 Å². The van der Waals surface area contributed by atoms with Gasteiger partial charge in [-0.15, -0.1) is 0 Å². The number of carbonyl (C=O) groups is 2. The zero-order chi connectivity index (χ0) is 18.4. The number of nitrogens with two attached hydrogens (primary N) is 1. The van der Waals surface area contributed by atoms with E-state index in [9.17, 15) is 9.59 Å². The summed E-state index contributed by atoms with van der Waals surface area (Å²) in [5, 5.41) is 2.80. The Balaban J connectivity index is 1.99. The summed E-state index contributed by atoms with van der Waals surface area (Å²) in [6, 6.07) is 16.0. The molecule has 0 heterocycles. The van der Waals surface area contributed by atoms with Gasteiger partial charge >= 0.3 is 0 Å². The number of hydrogen-bond acceptors (Lipinski definition) is 4. The van der Waals surface area contributed by atoms with Crippen LogP contribution in [0.5, 0.6) is 5.75 Å². The standard InChI is InChI=1S/C19H23N3O3/c1-19(20,14-7-5-4-6-8-14)18(24)21-15-9-11-16(12-10-15)25-13-17(23)22(2)3/h4-12H,13,20H2,1-3H3,(H,21,24). The molecule has 3 N–H and O–H groups in total. The molecule has 25 heavy (non-hydrogen) atoms. The molecule has 0 aliphatic rings. The summed E-state index contributed by atoms with van der Waals surface area (Å²) in [5.74, 6) is 0.112. The molecule has 0 fully saturated rings. The number of rotatable bonds is 6. The molecule has 2 amide bonds. The first-order valence-corrected chi connectivity index (χ1v) is 7.89. The van der Waals surface area contributed by atoms with Gasteiger partial charge in [-0.3, -0.25) is 9.59 Å². The van der Waals surface area contributed by atoms with Crippen LogP contribution in [0.15, 0.2) is 54.6 Å². The van der Waals surface area contributed by atoms with Crippen LogP contribution in [-0.2, 0) is 15.1 Å². The molecule has 0 spiro atoms. The summed E-state index contributed by atoms with van der Waals surface area (Å²) in [6.07, 6.45) is 0. The second kappa shape index (κ2) is 7.81. The number of carbonyl (C=O) groups excluding carboxylic acids is 2. The van der Waals surface area contributed by atoms with Gasteiger partial charge in [-0.05, 0) is 36.8 Å². The number of hydrogen-bond donors (Lipinski definition) is 2. The maximum Gasteiger partial charge on any atom is 0.259 e. The Bertz CT molecular complexity index is 725. The van der Waals surface area contributed by atoms with Gasteiger partial charge in [-0.1, -0.05) is 30.3 Å². The van der Waals surface area contributed by atoms with Crippen LogP contribution >= 0.6 is 0 Å². The van der Waals surface area contributed by atoms with E-state index >= 15 is 0 Å². The molecule has 6 heteroatoms. The molecule has 2 aromatic rings. The molecule has 2 aromatic carbocycles. The minimum atomic E-state index is -1.14. The third kappa shape index (κ3) is 4.81. The maximum absolute atomic E-state index is 12.5. The number of nitrogens with zero attached hydrogens (tertiary/aromatic N) is 1. The van der Waals surface area contributed by atoms with E-state index in [2.05, 4.69) is 5.32 Å². The quantitative estimate of drug-likeness (QED) is 0.841. The average Bonchev–Trinajstić information content (AvgIpc) is 2.61. The van der Waals surface area contributed by atoms with E-state index < -0.39 is 5.54 Å². The van der Waals surface area contributed by atoms with E-state index in [0.717, 1.165) is 5.56 Å². The molecule has 2 rings (SSSR count). The number of nitrogens with one attached hydrogen (secondary N) is 1. The van der Waals surface area contributed by atoms with Gasteiger partial charge in [0.05, 0.1) is 0 Å². The van der Waals surface area contributed by atoms with E-state index in [1.807, 2.05) is 30.3 Å². The highest BCUT2D eigenvalue weighted by molar-refractivity contribution is 5.98. The van der Waals surface area contributed by atoms with E-state index in [4.69, 9.17) is 10.5 Å². The Kier molecular flexibility index (Phi) is 5.77. The Morgan fingerprint density at radius 1 is 1.08 bits per heavy atom. The Morgan fingerprint density at radius 3 is 2.24 bits per heavy atom. The molecule has 0 radical (unpaired) electrons. The zero-order valence-electron chi connectivity index (χ0n) is 14.7. The predicted molar refractivity (Wildman–Crippen MR) is 97.2 cm³/mol. The summed E-state index contributed by atoms with van der Waals surface area (Å²) in [6.45, 7) is 1.63. The normalized spacial score (nSPS) is 12.8. The highest BCUT2D eigenvalue weighted by atomic mass is 16.5. The third-order valence-corrected chi connectivity index (χ3v) is 3.82. The summed E-state index contributed by atoms with van der Waals surface area (Å²) in [7, 11) is 3.34. The molecule has 0 aliphatic heterocycles. The van der Waals surface area contributed by atoms with E-state index in [1.54, 1.807) is 45.3 Å². The van der Waals surface area contributed by atoms with Crippen molar-refractivity contribution in [2.45, 2.75) is 12.5 Å². The van der Waals surface area contributed by atoms with E-state index in [-0.39, 0.29) is 18.4 Å². The summed E-state index contributed by atoms with van der Waals surface area (Å²) < 4.78 is 5.40. The molecule has 6 nitrogen and oxygen atoms in total. The van der Waals surface area contributed by atoms with Crippen LogP contribution in [0.1, 0.15) is 12.5 Å². The first-order chi connectivity index (χ1) is 11.8. The van der Waals surface area contributed by atoms with Gasteiger partial charge in [-0.25, -0.2) is 0 Å². The third-order valence-electron chi connectivity index (χ3n) is 3.82. The van der Waals surface area contributed by atoms with Crippen LogP contribution in [0.4, 0.5) is 5.69 Å². The minimum Gasteiger partial charge on any atom is -0.484 e. The first kappa shape index (κ1) is 18.5. The fraction of sp³-hybridized carbons (Fsp3) is 0.263. The Labute approximate surface area is 147 Å². The smallest absolute Gasteiger partial charge is 0.259 e. The molecule has 0 aliphatic carbocycles. The van der Waals surface area contributed by atoms with Gasteiger partial charge in [0.1, 0.15) is 11.3 Å². The maximum atomic E-state index is 12.5. The molecule has 0 saturated heterocycles. The first-order valence-electron chi connectivity index (χ1n) is 7.89. The van der Waals surface area contributed by atoms with Gasteiger partial charge in [-0.2, -0.15) is 0 Å². The number of anilines is 1. The Morgan fingerprint density at radius 2 is 1.68 bits per heavy atom. The molecule has 1 atom stereocenters. The lowest BCUT2D eigenvalue weighted by atomic mass is 9.92. The van der Waals surface area contributed by atoms with Crippen molar-refractivity contribution in [3.8, 4) is 5.75 Å². The molecule has 132 valence electrons. The average molecular weight is 341 g/mol. The molecule has 1 unspecified atom stereocenters. The minimum absolute atomic E-state index is 0.0341. The lowest BCUT2D eigenvalue weighted by Crippen LogP contribution is -2.45. The van der Waals surface area contributed by atoms with Crippen molar-refractivity contribution in [3.63, 3.8) is 0 Å². The number of likely N-dealkylation sites (N-methyl/N-ethyl adjacent to an activating group) is 1. The molecular formula is C19H23N3O3. The highest BCUT2D eigenvalue weighted by Gasteiger charge is 2.30. The van der Waals surface area contributed by atoms with Crippen LogP contribution in [-0.4, -0.2) is 37.4 Å². The molecule has 0 saturated carbocycles. The number of benzene rings is 2. The van der Waals surface area contributed by atoms with Gasteiger partial charge in [0, 0.05) is 19.8 Å². The van der Waals surface area contributed by atoms with Gasteiger partial charge < -0.3 is 20.7 Å². The molecule has 0 aromatic heterocycles. The van der Waals surface area contributed by atoms with E-state index in [1.165, 1.54) is 4.90 Å². The van der Waals surface area contributed by atoms with Crippen LogP contribution in [0.2, 0.25) is 0 Å². The monoisotopic (exact) mass is 341 g/mol.